The fourth-order valence-electron chi connectivity index (χ4n) is 7.75. The van der Waals surface area contributed by atoms with Crippen molar-refractivity contribution >= 4 is 29.7 Å². The number of rotatable bonds is 15. The highest BCUT2D eigenvalue weighted by Gasteiger charge is 2.39. The fourth-order valence-corrected chi connectivity index (χ4v) is 7.75. The van der Waals surface area contributed by atoms with E-state index in [1.54, 1.807) is 49.2 Å². The van der Waals surface area contributed by atoms with Crippen LogP contribution in [0.4, 0.5) is 0 Å². The van der Waals surface area contributed by atoms with Gasteiger partial charge in [-0.25, -0.2) is 0 Å². The van der Waals surface area contributed by atoms with Gasteiger partial charge in [0.2, 0.25) is 0 Å². The predicted octanol–water partition coefficient (Wildman–Crippen LogP) is 2.95. The van der Waals surface area contributed by atoms with E-state index in [0.717, 1.165) is 65.3 Å². The lowest BCUT2D eigenvalue weighted by atomic mass is 9.80. The first kappa shape index (κ1) is 51.4. The third kappa shape index (κ3) is 15.0. The Hall–Kier alpha value is -3.76. The van der Waals surface area contributed by atoms with Crippen molar-refractivity contribution in [3.8, 4) is 23.0 Å². The molecule has 0 aliphatic carbocycles. The van der Waals surface area contributed by atoms with Crippen molar-refractivity contribution in [2.24, 2.45) is 28.7 Å². The molecule has 13 nitrogen and oxygen atoms in total. The van der Waals surface area contributed by atoms with Gasteiger partial charge in [-0.05, 0) is 93.0 Å². The number of halogens is 1. The van der Waals surface area contributed by atoms with Crippen LogP contribution in [0, 0.1) is 23.7 Å². The monoisotopic (exact) mass is 937 g/mol. The summed E-state index contributed by atoms with van der Waals surface area (Å²) in [4.78, 5) is 54.5. The van der Waals surface area contributed by atoms with E-state index in [1.807, 2.05) is 65.5 Å². The average molecular weight is 938 g/mol. The van der Waals surface area contributed by atoms with Gasteiger partial charge < -0.3 is 56.9 Å². The zero-order valence-electron chi connectivity index (χ0n) is 37.4. The minimum Gasteiger partial charge on any atom is -1.00 e. The number of Topliss-reactive ketones (excluding diaryl/α,β-unsaturated/α-hetero) is 2. The number of benzene rings is 2. The molecular weight excluding hydrogens is 869 g/mol. The molecule has 59 heavy (non-hydrogen) atoms. The Morgan fingerprint density at radius 2 is 1.36 bits per heavy atom. The topological polar surface area (TPSA) is 139 Å². The molecule has 3 aliphatic heterocycles. The summed E-state index contributed by atoms with van der Waals surface area (Å²) in [5.74, 6) is 2.29. The number of hydrogen-bond acceptors (Lipinski definition) is 12. The van der Waals surface area contributed by atoms with E-state index < -0.39 is 0 Å². The van der Waals surface area contributed by atoms with Crippen molar-refractivity contribution in [1.29, 1.82) is 0 Å². The first-order chi connectivity index (χ1) is 27.5. The minimum atomic E-state index is -0.253. The van der Waals surface area contributed by atoms with Gasteiger partial charge in [-0.1, -0.05) is 13.8 Å². The molecule has 1 saturated heterocycles. The number of ether oxygens (including phenoxy) is 6. The number of esters is 2. The van der Waals surface area contributed by atoms with E-state index >= 15 is 0 Å². The van der Waals surface area contributed by atoms with Gasteiger partial charge in [0.15, 0.2) is 23.0 Å². The molecule has 3 heterocycles. The lowest BCUT2D eigenvalue weighted by Crippen LogP contribution is -3.00. The molecule has 0 aromatic heterocycles. The zero-order valence-corrected chi connectivity index (χ0v) is 39.5. The molecule has 0 bridgehead atoms. The molecule has 0 saturated carbocycles. The van der Waals surface area contributed by atoms with Crippen LogP contribution in [0.25, 0.3) is 0 Å². The largest absolute Gasteiger partial charge is 1.00 e. The van der Waals surface area contributed by atoms with Crippen molar-refractivity contribution < 1.29 is 76.1 Å². The maximum atomic E-state index is 12.8. The molecule has 0 amide bonds. The normalized spacial score (nSPS) is 18.2. The van der Waals surface area contributed by atoms with Crippen molar-refractivity contribution in [1.82, 2.24) is 4.90 Å². The van der Waals surface area contributed by atoms with Crippen LogP contribution >= 0.6 is 0 Å². The number of hydrogen-bond donors (Lipinski definition) is 0. The highest BCUT2D eigenvalue weighted by atomic mass is 127. The van der Waals surface area contributed by atoms with Gasteiger partial charge in [-0.2, -0.15) is 0 Å². The number of methoxy groups -OCH3 is 4. The van der Waals surface area contributed by atoms with Crippen LogP contribution in [0.1, 0.15) is 82.2 Å². The first-order valence-corrected chi connectivity index (χ1v) is 20.4. The first-order valence-electron chi connectivity index (χ1n) is 20.4. The second-order valence-electron chi connectivity index (χ2n) is 16.3. The second-order valence-corrected chi connectivity index (χ2v) is 16.3. The van der Waals surface area contributed by atoms with Crippen LogP contribution in [-0.2, 0) is 41.5 Å². The van der Waals surface area contributed by atoms with Crippen LogP contribution in [0.15, 0.2) is 29.3 Å². The number of aliphatic imine (C=N–C) groups is 1. The van der Waals surface area contributed by atoms with Gasteiger partial charge >= 0.3 is 11.9 Å². The number of quaternary nitrogens is 1. The van der Waals surface area contributed by atoms with Gasteiger partial charge in [-0.15, -0.1) is 0 Å². The predicted molar refractivity (Wildman–Crippen MR) is 224 cm³/mol. The Bertz CT molecular complexity index is 1740. The van der Waals surface area contributed by atoms with Gasteiger partial charge in [-0.3, -0.25) is 29.1 Å². The molecule has 2 aromatic rings. The number of piperidine rings is 1. The lowest BCUT2D eigenvalue weighted by Gasteiger charge is -2.43. The zero-order chi connectivity index (χ0) is 43.2. The van der Waals surface area contributed by atoms with Gasteiger partial charge in [0.05, 0.1) is 87.1 Å². The molecule has 0 radical (unpaired) electrons. The SMILES string of the molecule is CCOC(=O)C(C)CC(C[N+](C)(C)C)C(C)=O.CCOC(=O)C(C)C[C@@H]1CN2CCc3cc(OC)c(OC)cc3[C@H]2CC1=O.COc1cc2c(cc1OC)CCN=C2.[I-]. The van der Waals surface area contributed by atoms with Crippen LogP contribution in [-0.4, -0.2) is 128 Å². The highest BCUT2D eigenvalue weighted by Crippen LogP contribution is 2.42. The quantitative estimate of drug-likeness (QED) is 0.148. The van der Waals surface area contributed by atoms with E-state index in [-0.39, 0.29) is 77.2 Å². The maximum absolute atomic E-state index is 12.8. The summed E-state index contributed by atoms with van der Waals surface area (Å²) in [6.45, 7) is 12.8. The summed E-state index contributed by atoms with van der Waals surface area (Å²) in [5, 5.41) is 0. The molecule has 5 atom stereocenters. The molecule has 2 aromatic carbocycles. The lowest BCUT2D eigenvalue weighted by molar-refractivity contribution is -0.872. The number of fused-ring (bicyclic) bond motifs is 4. The molecule has 0 N–H and O–H groups in total. The van der Waals surface area contributed by atoms with E-state index in [9.17, 15) is 19.2 Å². The van der Waals surface area contributed by atoms with Crippen LogP contribution in [0.5, 0.6) is 23.0 Å². The summed E-state index contributed by atoms with van der Waals surface area (Å²) in [7, 11) is 12.7. The fraction of sp³-hybridized carbons (Fsp3) is 0.622. The molecule has 5 rings (SSSR count). The van der Waals surface area contributed by atoms with Crippen molar-refractivity contribution in [3.05, 3.63) is 46.5 Å². The summed E-state index contributed by atoms with van der Waals surface area (Å²) in [6.07, 6.45) is 5.39. The molecular formula is C45H68IN3O10. The summed E-state index contributed by atoms with van der Waals surface area (Å²) in [5.41, 5.74) is 4.79. The maximum Gasteiger partial charge on any atom is 0.308 e. The van der Waals surface area contributed by atoms with Crippen molar-refractivity contribution in [3.63, 3.8) is 0 Å². The molecule has 1 fully saturated rings. The number of carbonyl (C=O) groups excluding carboxylic acids is 4. The van der Waals surface area contributed by atoms with E-state index in [2.05, 4.69) is 9.89 Å². The highest BCUT2D eigenvalue weighted by molar-refractivity contribution is 5.85. The third-order valence-electron chi connectivity index (χ3n) is 10.8. The second kappa shape index (κ2) is 24.5. The van der Waals surface area contributed by atoms with E-state index in [0.29, 0.717) is 44.8 Å². The number of carbonyl (C=O) groups is 4. The third-order valence-corrected chi connectivity index (χ3v) is 10.8. The Morgan fingerprint density at radius 3 is 1.90 bits per heavy atom. The van der Waals surface area contributed by atoms with Gasteiger partial charge in [0, 0.05) is 44.2 Å². The summed E-state index contributed by atoms with van der Waals surface area (Å²) >= 11 is 0. The molecule has 3 unspecified atom stereocenters. The molecule has 3 aliphatic rings. The van der Waals surface area contributed by atoms with Crippen LogP contribution < -0.4 is 42.9 Å². The van der Waals surface area contributed by atoms with Gasteiger partial charge in [0.1, 0.15) is 11.6 Å². The minimum absolute atomic E-state index is 0. The molecule has 14 heteroatoms. The smallest absolute Gasteiger partial charge is 0.308 e. The van der Waals surface area contributed by atoms with E-state index in [4.69, 9.17) is 28.4 Å². The molecule has 330 valence electrons. The van der Waals surface area contributed by atoms with Crippen LogP contribution in [0.3, 0.4) is 0 Å². The standard InChI is InChI=1S/C21H29NO5.C13H26NO3.C11H13NO2.HI/c1-5-27-21(24)13(2)8-15-12-22-7-6-14-9-19(25-3)20(26-4)10-16(14)17(22)11-18(15)23;1-7-17-13(16)10(2)8-12(11(3)15)9-14(4,5)6;1-13-10-5-8-3-4-12-7-9(8)6-11(10)14-2;/h9-10,13,15,17H,5-8,11-12H2,1-4H3;10,12H,7-9H2,1-6H3;5-7H,3-4H2,1-2H3;1H/q;+1;;/p-1/t13?,15-,17-;;;/m1.../s1. The van der Waals surface area contributed by atoms with E-state index in [1.165, 1.54) is 11.1 Å². The van der Waals surface area contributed by atoms with Crippen molar-refractivity contribution in [2.75, 3.05) is 89.0 Å². The Labute approximate surface area is 369 Å². The number of ketones is 2. The summed E-state index contributed by atoms with van der Waals surface area (Å²) < 4.78 is 32.1. The Balaban J connectivity index is 0.000000324. The average Bonchev–Trinajstić information content (AvgIpc) is 3.19. The Morgan fingerprint density at radius 1 is 0.814 bits per heavy atom. The number of nitrogens with zero attached hydrogens (tertiary/aromatic N) is 3. The van der Waals surface area contributed by atoms with Crippen molar-refractivity contribution in [2.45, 2.75) is 72.8 Å². The van der Waals surface area contributed by atoms with Crippen LogP contribution in [0.2, 0.25) is 0 Å². The summed E-state index contributed by atoms with van der Waals surface area (Å²) in [6, 6.07) is 8.12. The Kier molecular flexibility index (Phi) is 21.3. The van der Waals surface area contributed by atoms with Gasteiger partial charge in [0.25, 0.3) is 0 Å². The molecule has 0 spiro atoms.